The first-order valence-corrected chi connectivity index (χ1v) is 6.89. The van der Waals surface area contributed by atoms with Crippen molar-refractivity contribution in [2.24, 2.45) is 11.8 Å². The second kappa shape index (κ2) is 4.87. The Morgan fingerprint density at radius 3 is 2.38 bits per heavy atom. The molecule has 2 nitrogen and oxygen atoms in total. The molecule has 2 saturated heterocycles. The van der Waals surface area contributed by atoms with Crippen LogP contribution in [0.2, 0.25) is 0 Å². The van der Waals surface area contributed by atoms with Gasteiger partial charge in [0.25, 0.3) is 0 Å². The molecule has 2 aliphatic rings. The fourth-order valence-corrected chi connectivity index (χ4v) is 3.62. The van der Waals surface area contributed by atoms with Crippen LogP contribution in [0.25, 0.3) is 0 Å². The van der Waals surface area contributed by atoms with Crippen molar-refractivity contribution in [3.63, 3.8) is 0 Å². The first kappa shape index (κ1) is 12.1. The molecule has 0 aliphatic carbocycles. The van der Waals surface area contributed by atoms with E-state index in [0.717, 1.165) is 25.7 Å². The Balaban J connectivity index is 1.94. The van der Waals surface area contributed by atoms with Crippen LogP contribution in [0.15, 0.2) is 0 Å². The summed E-state index contributed by atoms with van der Waals surface area (Å²) in [6.07, 6.45) is 7.08. The van der Waals surface area contributed by atoms with Crippen molar-refractivity contribution in [3.8, 4) is 0 Å². The van der Waals surface area contributed by atoms with Gasteiger partial charge in [0.15, 0.2) is 0 Å². The monoisotopic (exact) mass is 223 g/mol. The van der Waals surface area contributed by atoms with Crippen LogP contribution < -0.4 is 0 Å². The van der Waals surface area contributed by atoms with E-state index in [2.05, 4.69) is 25.8 Å². The number of Topliss-reactive ketones (excluding diaryl/α,β-unsaturated/α-hetero) is 1. The molecule has 0 amide bonds. The van der Waals surface area contributed by atoms with Crippen molar-refractivity contribution < 1.29 is 4.79 Å². The average Bonchev–Trinajstić information content (AvgIpc) is 2.53. The van der Waals surface area contributed by atoms with Crippen LogP contribution in [0.5, 0.6) is 0 Å². The molecule has 2 rings (SSSR count). The molecule has 2 aliphatic heterocycles. The molecule has 0 radical (unpaired) electrons. The highest BCUT2D eigenvalue weighted by Crippen LogP contribution is 2.38. The predicted molar refractivity (Wildman–Crippen MR) is 66.4 cm³/mol. The van der Waals surface area contributed by atoms with Crippen molar-refractivity contribution in [3.05, 3.63) is 0 Å². The Bertz CT molecular complexity index is 249. The van der Waals surface area contributed by atoms with Crippen molar-refractivity contribution in [1.82, 2.24) is 4.90 Å². The number of rotatable bonds is 4. The van der Waals surface area contributed by atoms with Crippen LogP contribution in [0.1, 0.15) is 52.4 Å². The Kier molecular flexibility index (Phi) is 3.68. The van der Waals surface area contributed by atoms with Crippen molar-refractivity contribution >= 4 is 5.78 Å². The number of nitrogens with zero attached hydrogens (tertiary/aromatic N) is 1. The quantitative estimate of drug-likeness (QED) is 0.730. The zero-order valence-corrected chi connectivity index (χ0v) is 10.9. The molecule has 0 spiro atoms. The van der Waals surface area contributed by atoms with Gasteiger partial charge in [0.05, 0.1) is 0 Å². The van der Waals surface area contributed by atoms with Gasteiger partial charge in [-0.1, -0.05) is 20.3 Å². The average molecular weight is 223 g/mol. The van der Waals surface area contributed by atoms with Gasteiger partial charge in [-0.2, -0.15) is 0 Å². The van der Waals surface area contributed by atoms with E-state index in [-0.39, 0.29) is 5.92 Å². The molecule has 0 aromatic carbocycles. The van der Waals surface area contributed by atoms with E-state index in [0.29, 0.717) is 23.8 Å². The van der Waals surface area contributed by atoms with Gasteiger partial charge in [-0.25, -0.2) is 0 Å². The van der Waals surface area contributed by atoms with Gasteiger partial charge in [0.1, 0.15) is 5.78 Å². The first-order valence-electron chi connectivity index (χ1n) is 6.89. The summed E-state index contributed by atoms with van der Waals surface area (Å²) in [5.74, 6) is 1.21. The fourth-order valence-electron chi connectivity index (χ4n) is 3.62. The van der Waals surface area contributed by atoms with Crippen LogP contribution in [0.3, 0.4) is 0 Å². The Hall–Kier alpha value is -0.370. The lowest BCUT2D eigenvalue weighted by molar-refractivity contribution is -0.128. The highest BCUT2D eigenvalue weighted by atomic mass is 16.1. The molecule has 0 N–H and O–H groups in total. The SMILES string of the molecule is CCCC(C)C(=O)C1CC2CCC(C1)N2C. The molecular formula is C14H25NO. The predicted octanol–water partition coefficient (Wildman–Crippen LogP) is 2.86. The minimum Gasteiger partial charge on any atom is -0.300 e. The van der Waals surface area contributed by atoms with Crippen molar-refractivity contribution in [2.75, 3.05) is 7.05 Å². The summed E-state index contributed by atoms with van der Waals surface area (Å²) in [7, 11) is 2.23. The van der Waals surface area contributed by atoms with Gasteiger partial charge in [-0.05, 0) is 39.2 Å². The number of fused-ring (bicyclic) bond motifs is 2. The molecule has 2 heteroatoms. The molecule has 2 fully saturated rings. The Morgan fingerprint density at radius 1 is 1.31 bits per heavy atom. The van der Waals surface area contributed by atoms with Gasteiger partial charge in [-0.15, -0.1) is 0 Å². The first-order chi connectivity index (χ1) is 7.63. The van der Waals surface area contributed by atoms with E-state index < -0.39 is 0 Å². The third-order valence-corrected chi connectivity index (χ3v) is 4.71. The zero-order valence-electron chi connectivity index (χ0n) is 10.9. The highest BCUT2D eigenvalue weighted by Gasteiger charge is 2.41. The van der Waals surface area contributed by atoms with Crippen molar-refractivity contribution in [2.45, 2.75) is 64.5 Å². The molecule has 2 bridgehead atoms. The van der Waals surface area contributed by atoms with Gasteiger partial charge >= 0.3 is 0 Å². The number of hydrogen-bond donors (Lipinski definition) is 0. The third kappa shape index (κ3) is 2.17. The van der Waals surface area contributed by atoms with Crippen LogP contribution in [0, 0.1) is 11.8 Å². The Morgan fingerprint density at radius 2 is 1.88 bits per heavy atom. The highest BCUT2D eigenvalue weighted by molar-refractivity contribution is 5.83. The number of piperidine rings is 1. The summed E-state index contributed by atoms with van der Waals surface area (Å²) in [5.41, 5.74) is 0. The largest absolute Gasteiger partial charge is 0.300 e. The van der Waals surface area contributed by atoms with E-state index in [1.54, 1.807) is 0 Å². The minimum atomic E-state index is 0.290. The summed E-state index contributed by atoms with van der Waals surface area (Å²) in [6.45, 7) is 4.29. The van der Waals surface area contributed by atoms with E-state index in [9.17, 15) is 4.79 Å². The fraction of sp³-hybridized carbons (Fsp3) is 0.929. The van der Waals surface area contributed by atoms with Gasteiger partial charge in [0, 0.05) is 23.9 Å². The van der Waals surface area contributed by atoms with Crippen LogP contribution in [-0.4, -0.2) is 29.8 Å². The zero-order chi connectivity index (χ0) is 11.7. The molecular weight excluding hydrogens is 198 g/mol. The third-order valence-electron chi connectivity index (χ3n) is 4.71. The van der Waals surface area contributed by atoms with E-state index in [1.165, 1.54) is 12.8 Å². The minimum absolute atomic E-state index is 0.290. The normalized spacial score (nSPS) is 36.3. The summed E-state index contributed by atoms with van der Waals surface area (Å²) >= 11 is 0. The number of ketones is 1. The molecule has 0 saturated carbocycles. The van der Waals surface area contributed by atoms with Crippen LogP contribution in [0.4, 0.5) is 0 Å². The van der Waals surface area contributed by atoms with E-state index in [4.69, 9.17) is 0 Å². The lowest BCUT2D eigenvalue weighted by Gasteiger charge is -2.36. The molecule has 0 aromatic heterocycles. The van der Waals surface area contributed by atoms with E-state index in [1.807, 2.05) is 0 Å². The topological polar surface area (TPSA) is 20.3 Å². The lowest BCUT2D eigenvalue weighted by atomic mass is 9.82. The number of hydrogen-bond acceptors (Lipinski definition) is 2. The second-order valence-corrected chi connectivity index (χ2v) is 5.81. The maximum atomic E-state index is 12.3. The van der Waals surface area contributed by atoms with Crippen LogP contribution in [-0.2, 0) is 4.79 Å². The number of carbonyl (C=O) groups excluding carboxylic acids is 1. The standard InChI is InChI=1S/C14H25NO/c1-4-5-10(2)14(16)11-8-12-6-7-13(9-11)15(12)3/h10-13H,4-9H2,1-3H3. The molecule has 92 valence electrons. The molecule has 3 unspecified atom stereocenters. The maximum absolute atomic E-state index is 12.3. The maximum Gasteiger partial charge on any atom is 0.138 e. The summed E-state index contributed by atoms with van der Waals surface area (Å²) in [4.78, 5) is 14.8. The summed E-state index contributed by atoms with van der Waals surface area (Å²) in [5, 5.41) is 0. The smallest absolute Gasteiger partial charge is 0.138 e. The van der Waals surface area contributed by atoms with Crippen molar-refractivity contribution in [1.29, 1.82) is 0 Å². The Labute approximate surface area is 99.4 Å². The second-order valence-electron chi connectivity index (χ2n) is 5.81. The number of carbonyl (C=O) groups is 1. The van der Waals surface area contributed by atoms with Gasteiger partial charge < -0.3 is 4.90 Å². The summed E-state index contributed by atoms with van der Waals surface area (Å²) in [6, 6.07) is 1.39. The van der Waals surface area contributed by atoms with E-state index >= 15 is 0 Å². The summed E-state index contributed by atoms with van der Waals surface area (Å²) < 4.78 is 0. The molecule has 16 heavy (non-hydrogen) atoms. The lowest BCUT2D eigenvalue weighted by Crippen LogP contribution is -2.43. The molecule has 2 heterocycles. The molecule has 3 atom stereocenters. The molecule has 0 aromatic rings. The van der Waals surface area contributed by atoms with Gasteiger partial charge in [-0.3, -0.25) is 4.79 Å². The van der Waals surface area contributed by atoms with Crippen LogP contribution >= 0.6 is 0 Å². The van der Waals surface area contributed by atoms with Gasteiger partial charge in [0.2, 0.25) is 0 Å².